The number of aliphatic imine (C=N–C) groups is 1. The van der Waals surface area contributed by atoms with E-state index in [1.807, 2.05) is 0 Å². The number of thiazole rings is 1. The Kier molecular flexibility index (Phi) is 6.70. The zero-order valence-electron chi connectivity index (χ0n) is 17.4. The molecule has 0 bridgehead atoms. The van der Waals surface area contributed by atoms with Gasteiger partial charge in [0.1, 0.15) is 22.2 Å². The molecule has 0 radical (unpaired) electrons. The molecular formula is C19H24N4O6S2. The Balaban J connectivity index is 1.46. The fourth-order valence-corrected chi connectivity index (χ4v) is 4.73. The van der Waals surface area contributed by atoms with Crippen LogP contribution in [-0.4, -0.2) is 62.3 Å². The maximum absolute atomic E-state index is 12.5. The number of carboxylic acids is 1. The van der Waals surface area contributed by atoms with E-state index in [-0.39, 0.29) is 30.5 Å². The zero-order chi connectivity index (χ0) is 22.8. The third-order valence-electron chi connectivity index (χ3n) is 4.52. The molecule has 1 aliphatic heterocycles. The summed E-state index contributed by atoms with van der Waals surface area (Å²) in [5.74, 6) is -1.27. The summed E-state index contributed by atoms with van der Waals surface area (Å²) in [6.07, 6.45) is -0.0514. The molecule has 0 unspecified atom stereocenters. The number of alkyl carbamates (subject to hydrolysis) is 1. The van der Waals surface area contributed by atoms with Gasteiger partial charge in [-0.3, -0.25) is 14.6 Å². The number of rotatable bonds is 8. The van der Waals surface area contributed by atoms with E-state index in [9.17, 15) is 19.2 Å². The largest absolute Gasteiger partial charge is 0.476 e. The van der Waals surface area contributed by atoms with E-state index in [4.69, 9.17) is 9.84 Å². The van der Waals surface area contributed by atoms with Gasteiger partial charge in [0.2, 0.25) is 5.91 Å². The first-order chi connectivity index (χ1) is 14.5. The van der Waals surface area contributed by atoms with Gasteiger partial charge in [-0.05, 0) is 33.6 Å². The Labute approximate surface area is 187 Å². The third-order valence-corrected chi connectivity index (χ3v) is 6.53. The Bertz CT molecular complexity index is 932. The average molecular weight is 469 g/mol. The lowest BCUT2D eigenvalue weighted by Gasteiger charge is -2.22. The van der Waals surface area contributed by atoms with Crippen molar-refractivity contribution in [1.29, 1.82) is 0 Å². The lowest BCUT2D eigenvalue weighted by Crippen LogP contribution is -2.46. The van der Waals surface area contributed by atoms with Crippen molar-refractivity contribution in [3.63, 3.8) is 0 Å². The molecule has 3 rings (SSSR count). The molecule has 31 heavy (non-hydrogen) atoms. The molecule has 0 aromatic carbocycles. The molecule has 2 heterocycles. The molecule has 1 atom stereocenters. The van der Waals surface area contributed by atoms with Gasteiger partial charge >= 0.3 is 12.1 Å². The minimum absolute atomic E-state index is 0.00513. The van der Waals surface area contributed by atoms with Crippen molar-refractivity contribution >= 4 is 51.9 Å². The van der Waals surface area contributed by atoms with Crippen LogP contribution in [-0.2, 0) is 14.3 Å². The molecule has 1 aromatic rings. The van der Waals surface area contributed by atoms with E-state index >= 15 is 0 Å². The van der Waals surface area contributed by atoms with Gasteiger partial charge in [0, 0.05) is 11.1 Å². The number of thioether (sulfide) groups is 1. The zero-order valence-corrected chi connectivity index (χ0v) is 19.0. The molecule has 2 aliphatic rings. The van der Waals surface area contributed by atoms with Gasteiger partial charge in [0.25, 0.3) is 0 Å². The number of nitrogens with zero attached hydrogens (tertiary/aromatic N) is 2. The summed E-state index contributed by atoms with van der Waals surface area (Å²) in [6.45, 7) is 5.37. The van der Waals surface area contributed by atoms with Crippen molar-refractivity contribution in [2.75, 3.05) is 12.3 Å². The van der Waals surface area contributed by atoms with E-state index in [1.54, 1.807) is 20.8 Å². The topological polar surface area (TPSA) is 147 Å². The number of ketones is 1. The van der Waals surface area contributed by atoms with Crippen LogP contribution in [0.15, 0.2) is 10.4 Å². The second-order valence-corrected chi connectivity index (χ2v) is 10.3. The highest BCUT2D eigenvalue weighted by atomic mass is 32.2. The molecular weight excluding hydrogens is 444 g/mol. The van der Waals surface area contributed by atoms with Crippen LogP contribution >= 0.6 is 23.1 Å². The number of nitrogens with one attached hydrogen (secondary N) is 2. The van der Waals surface area contributed by atoms with Gasteiger partial charge < -0.3 is 20.5 Å². The predicted octanol–water partition coefficient (Wildman–Crippen LogP) is 2.16. The number of carbonyl (C=O) groups is 4. The standard InChI is InChI=1S/C19H24N4O6S2/c1-18(2,3)29-17(28)23-19(4-5-19)12(24)6-13(25)20-7-14-21-10(8-30-14)15-22-11(9-31-15)16(26)27/h9-10H,4-8H2,1-3H3,(H,20,25)(H,23,28)(H,26,27)/t10-/m0/s1. The lowest BCUT2D eigenvalue weighted by molar-refractivity contribution is -0.129. The van der Waals surface area contributed by atoms with Gasteiger partial charge in [-0.2, -0.15) is 0 Å². The van der Waals surface area contributed by atoms with Crippen LogP contribution in [0.5, 0.6) is 0 Å². The minimum atomic E-state index is -1.08. The maximum atomic E-state index is 12.5. The highest BCUT2D eigenvalue weighted by Crippen LogP contribution is 2.37. The lowest BCUT2D eigenvalue weighted by atomic mass is 10.1. The van der Waals surface area contributed by atoms with Crippen molar-refractivity contribution in [3.05, 3.63) is 16.1 Å². The van der Waals surface area contributed by atoms with Crippen LogP contribution in [0.3, 0.4) is 0 Å². The molecule has 1 fully saturated rings. The van der Waals surface area contributed by atoms with Crippen molar-refractivity contribution in [3.8, 4) is 0 Å². The second kappa shape index (κ2) is 8.95. The minimum Gasteiger partial charge on any atom is -0.476 e. The molecule has 1 saturated carbocycles. The Morgan fingerprint density at radius 1 is 1.29 bits per heavy atom. The van der Waals surface area contributed by atoms with E-state index in [1.165, 1.54) is 28.5 Å². The van der Waals surface area contributed by atoms with Crippen LogP contribution in [0.4, 0.5) is 4.79 Å². The maximum Gasteiger partial charge on any atom is 0.408 e. The van der Waals surface area contributed by atoms with E-state index in [2.05, 4.69) is 20.6 Å². The summed E-state index contributed by atoms with van der Waals surface area (Å²) in [5.41, 5.74) is -1.70. The van der Waals surface area contributed by atoms with Gasteiger partial charge in [0.05, 0.1) is 18.0 Å². The van der Waals surface area contributed by atoms with Crippen LogP contribution in [0.2, 0.25) is 0 Å². The Morgan fingerprint density at radius 3 is 2.58 bits per heavy atom. The van der Waals surface area contributed by atoms with Crippen LogP contribution < -0.4 is 10.6 Å². The Hall–Kier alpha value is -2.47. The summed E-state index contributed by atoms with van der Waals surface area (Å²) in [6, 6.07) is -0.246. The molecule has 2 amide bonds. The number of Topliss-reactive ketones (excluding diaryl/α,β-unsaturated/α-hetero) is 1. The number of carboxylic acid groups (broad SMARTS) is 1. The molecule has 1 aromatic heterocycles. The summed E-state index contributed by atoms with van der Waals surface area (Å²) in [5, 5.41) is 17.0. The van der Waals surface area contributed by atoms with Crippen LogP contribution in [0.25, 0.3) is 0 Å². The first kappa shape index (κ1) is 23.2. The monoisotopic (exact) mass is 468 g/mol. The normalized spacial score (nSPS) is 19.3. The van der Waals surface area contributed by atoms with Gasteiger partial charge in [-0.25, -0.2) is 14.6 Å². The van der Waals surface area contributed by atoms with E-state index in [0.29, 0.717) is 28.6 Å². The van der Waals surface area contributed by atoms with Gasteiger partial charge in [-0.1, -0.05) is 0 Å². The number of amides is 2. The number of aromatic nitrogens is 1. The molecule has 12 heteroatoms. The quantitative estimate of drug-likeness (QED) is 0.492. The Morgan fingerprint density at radius 2 is 2.00 bits per heavy atom. The fourth-order valence-electron chi connectivity index (χ4n) is 2.83. The molecule has 0 spiro atoms. The van der Waals surface area contributed by atoms with Crippen molar-refractivity contribution in [2.24, 2.45) is 4.99 Å². The first-order valence-corrected chi connectivity index (χ1v) is 11.5. The van der Waals surface area contributed by atoms with E-state index < -0.39 is 29.1 Å². The predicted molar refractivity (Wildman–Crippen MR) is 116 cm³/mol. The summed E-state index contributed by atoms with van der Waals surface area (Å²) >= 11 is 2.69. The number of hydrogen-bond acceptors (Lipinski definition) is 9. The van der Waals surface area contributed by atoms with Crippen LogP contribution in [0, 0.1) is 0 Å². The highest BCUT2D eigenvalue weighted by Gasteiger charge is 2.51. The first-order valence-electron chi connectivity index (χ1n) is 9.67. The molecule has 3 N–H and O–H groups in total. The number of ether oxygens (including phenoxy) is 1. The smallest absolute Gasteiger partial charge is 0.408 e. The summed E-state index contributed by atoms with van der Waals surface area (Å²) in [7, 11) is 0. The van der Waals surface area contributed by atoms with Crippen molar-refractivity contribution < 1.29 is 29.0 Å². The molecule has 1 aliphatic carbocycles. The molecule has 10 nitrogen and oxygen atoms in total. The number of carbonyl (C=O) groups excluding carboxylic acids is 3. The summed E-state index contributed by atoms with van der Waals surface area (Å²) < 4.78 is 5.19. The van der Waals surface area contributed by atoms with E-state index in [0.717, 1.165) is 0 Å². The highest BCUT2D eigenvalue weighted by molar-refractivity contribution is 8.14. The SMILES string of the molecule is CC(C)(C)OC(=O)NC1(C(=O)CC(=O)NCC2=N[C@H](c3nc(C(=O)O)cs3)CS2)CC1. The van der Waals surface area contributed by atoms with Crippen LogP contribution in [0.1, 0.15) is 61.6 Å². The second-order valence-electron chi connectivity index (χ2n) is 8.31. The fraction of sp³-hybridized carbons (Fsp3) is 0.579. The number of hydrogen-bond donors (Lipinski definition) is 3. The average Bonchev–Trinajstić information content (AvgIpc) is 3.07. The molecule has 168 valence electrons. The van der Waals surface area contributed by atoms with Gasteiger partial charge in [-0.15, -0.1) is 23.1 Å². The van der Waals surface area contributed by atoms with Crippen molar-refractivity contribution in [2.45, 2.75) is 57.2 Å². The van der Waals surface area contributed by atoms with Crippen molar-refractivity contribution in [1.82, 2.24) is 15.6 Å². The third kappa shape index (κ3) is 6.26. The molecule has 0 saturated heterocycles. The number of aromatic carboxylic acids is 1. The summed E-state index contributed by atoms with van der Waals surface area (Å²) in [4.78, 5) is 56.2. The van der Waals surface area contributed by atoms with Gasteiger partial charge in [0.15, 0.2) is 11.5 Å².